The molecule has 0 aromatic heterocycles. The number of nitrogens with one attached hydrogen (secondary N) is 1. The van der Waals surface area contributed by atoms with Gasteiger partial charge in [0, 0.05) is 48.5 Å². The number of benzene rings is 2. The standard InChI is InChI=1S/C19H21Cl2N3O/c20-16-5-7-17(8-6-16)22-19(25)14-24-11-9-23(10-12-24)13-15-3-1-2-4-18(15)21/h1-8H,9-14H2,(H,22,25). The van der Waals surface area contributed by atoms with Gasteiger partial charge in [-0.25, -0.2) is 0 Å². The zero-order valence-electron chi connectivity index (χ0n) is 13.9. The zero-order valence-corrected chi connectivity index (χ0v) is 15.4. The van der Waals surface area contributed by atoms with Crippen LogP contribution in [0.4, 0.5) is 5.69 Å². The van der Waals surface area contributed by atoms with Crippen molar-refractivity contribution in [1.29, 1.82) is 0 Å². The van der Waals surface area contributed by atoms with Crippen LogP contribution >= 0.6 is 23.2 Å². The Balaban J connectivity index is 1.43. The van der Waals surface area contributed by atoms with E-state index in [1.54, 1.807) is 12.1 Å². The maximum Gasteiger partial charge on any atom is 0.238 e. The first-order valence-electron chi connectivity index (χ1n) is 8.34. The molecule has 0 unspecified atom stereocenters. The van der Waals surface area contributed by atoms with Gasteiger partial charge in [-0.1, -0.05) is 41.4 Å². The lowest BCUT2D eigenvalue weighted by molar-refractivity contribution is -0.117. The van der Waals surface area contributed by atoms with Crippen molar-refractivity contribution in [2.45, 2.75) is 6.54 Å². The molecule has 2 aromatic carbocycles. The number of rotatable bonds is 5. The second-order valence-electron chi connectivity index (χ2n) is 6.20. The van der Waals surface area contributed by atoms with Crippen molar-refractivity contribution in [2.24, 2.45) is 0 Å². The number of amides is 1. The lowest BCUT2D eigenvalue weighted by Gasteiger charge is -2.34. The van der Waals surface area contributed by atoms with E-state index >= 15 is 0 Å². The van der Waals surface area contributed by atoms with Crippen LogP contribution < -0.4 is 5.32 Å². The summed E-state index contributed by atoms with van der Waals surface area (Å²) in [5.74, 6) is 0.00174. The molecule has 132 valence electrons. The first-order chi connectivity index (χ1) is 12.1. The highest BCUT2D eigenvalue weighted by molar-refractivity contribution is 6.31. The topological polar surface area (TPSA) is 35.6 Å². The first-order valence-corrected chi connectivity index (χ1v) is 9.09. The van der Waals surface area contributed by atoms with E-state index in [4.69, 9.17) is 23.2 Å². The summed E-state index contributed by atoms with van der Waals surface area (Å²) in [5.41, 5.74) is 1.92. The maximum atomic E-state index is 12.2. The van der Waals surface area contributed by atoms with Crippen LogP contribution in [0.2, 0.25) is 10.0 Å². The second kappa shape index (κ2) is 8.68. The molecule has 2 aromatic rings. The molecule has 0 aliphatic carbocycles. The Hall–Kier alpha value is -1.59. The highest BCUT2D eigenvalue weighted by Gasteiger charge is 2.19. The van der Waals surface area contributed by atoms with Crippen LogP contribution in [0.5, 0.6) is 0 Å². The smallest absolute Gasteiger partial charge is 0.238 e. The average Bonchev–Trinajstić information content (AvgIpc) is 2.61. The molecule has 1 aliphatic heterocycles. The molecular formula is C19H21Cl2N3O. The number of hydrogen-bond donors (Lipinski definition) is 1. The van der Waals surface area contributed by atoms with Crippen LogP contribution in [-0.4, -0.2) is 48.4 Å². The van der Waals surface area contributed by atoms with Gasteiger partial charge in [0.15, 0.2) is 0 Å². The quantitative estimate of drug-likeness (QED) is 0.861. The number of carbonyl (C=O) groups is 1. The lowest BCUT2D eigenvalue weighted by Crippen LogP contribution is -2.48. The number of carbonyl (C=O) groups excluding carboxylic acids is 1. The van der Waals surface area contributed by atoms with Crippen molar-refractivity contribution in [3.63, 3.8) is 0 Å². The molecule has 0 spiro atoms. The highest BCUT2D eigenvalue weighted by Crippen LogP contribution is 2.18. The zero-order chi connectivity index (χ0) is 17.6. The molecule has 6 heteroatoms. The molecule has 25 heavy (non-hydrogen) atoms. The van der Waals surface area contributed by atoms with Crippen LogP contribution in [0.3, 0.4) is 0 Å². The fraction of sp³-hybridized carbons (Fsp3) is 0.316. The maximum absolute atomic E-state index is 12.2. The Bertz CT molecular complexity index is 713. The third-order valence-electron chi connectivity index (χ3n) is 4.31. The largest absolute Gasteiger partial charge is 0.325 e. The second-order valence-corrected chi connectivity index (χ2v) is 7.04. The molecule has 3 rings (SSSR count). The molecule has 1 amide bonds. The first kappa shape index (κ1) is 18.2. The van der Waals surface area contributed by atoms with Gasteiger partial charge in [0.1, 0.15) is 0 Å². The van der Waals surface area contributed by atoms with Gasteiger partial charge in [0.25, 0.3) is 0 Å². The Morgan fingerprint density at radius 2 is 1.56 bits per heavy atom. The van der Waals surface area contributed by atoms with Gasteiger partial charge >= 0.3 is 0 Å². The van der Waals surface area contributed by atoms with Gasteiger partial charge in [-0.2, -0.15) is 0 Å². The van der Waals surface area contributed by atoms with E-state index in [1.165, 1.54) is 0 Å². The van der Waals surface area contributed by atoms with E-state index in [1.807, 2.05) is 30.3 Å². The summed E-state index contributed by atoms with van der Waals surface area (Å²) < 4.78 is 0. The summed E-state index contributed by atoms with van der Waals surface area (Å²) in [6, 6.07) is 15.1. The van der Waals surface area contributed by atoms with Crippen LogP contribution in [0.25, 0.3) is 0 Å². The van der Waals surface area contributed by atoms with Gasteiger partial charge < -0.3 is 5.32 Å². The van der Waals surface area contributed by atoms with Crippen molar-refractivity contribution < 1.29 is 4.79 Å². The predicted molar refractivity (Wildman–Crippen MR) is 103 cm³/mol. The molecule has 0 atom stereocenters. The Morgan fingerprint density at radius 1 is 0.920 bits per heavy atom. The van der Waals surface area contributed by atoms with Crippen LogP contribution in [0, 0.1) is 0 Å². The van der Waals surface area contributed by atoms with Gasteiger partial charge in [0.2, 0.25) is 5.91 Å². The van der Waals surface area contributed by atoms with E-state index in [0.29, 0.717) is 11.6 Å². The highest BCUT2D eigenvalue weighted by atomic mass is 35.5. The van der Waals surface area contributed by atoms with Crippen LogP contribution in [0.1, 0.15) is 5.56 Å². The Kier molecular flexibility index (Phi) is 6.32. The lowest BCUT2D eigenvalue weighted by atomic mass is 10.2. The van der Waals surface area contributed by atoms with Crippen molar-refractivity contribution in [2.75, 3.05) is 38.0 Å². The van der Waals surface area contributed by atoms with Gasteiger partial charge in [-0.05, 0) is 35.9 Å². The molecular weight excluding hydrogens is 357 g/mol. The summed E-state index contributed by atoms with van der Waals surface area (Å²) in [5, 5.41) is 4.38. The fourth-order valence-corrected chi connectivity index (χ4v) is 3.23. The minimum Gasteiger partial charge on any atom is -0.325 e. The number of hydrogen-bond acceptors (Lipinski definition) is 3. The Labute approximate surface area is 158 Å². The normalized spacial score (nSPS) is 15.9. The van der Waals surface area contributed by atoms with E-state index in [0.717, 1.165) is 49.0 Å². The van der Waals surface area contributed by atoms with Crippen molar-refractivity contribution in [3.8, 4) is 0 Å². The summed E-state index contributed by atoms with van der Waals surface area (Å²) >= 11 is 12.1. The molecule has 0 saturated carbocycles. The summed E-state index contributed by atoms with van der Waals surface area (Å²) in [7, 11) is 0. The Morgan fingerprint density at radius 3 is 2.24 bits per heavy atom. The van der Waals surface area contributed by atoms with Crippen LogP contribution in [0.15, 0.2) is 48.5 Å². The van der Waals surface area contributed by atoms with E-state index in [2.05, 4.69) is 21.2 Å². The number of piperazine rings is 1. The third-order valence-corrected chi connectivity index (χ3v) is 4.93. The van der Waals surface area contributed by atoms with Gasteiger partial charge in [0.05, 0.1) is 6.54 Å². The van der Waals surface area contributed by atoms with Gasteiger partial charge in [-0.3, -0.25) is 14.6 Å². The van der Waals surface area contributed by atoms with E-state index in [-0.39, 0.29) is 5.91 Å². The third kappa shape index (κ3) is 5.44. The van der Waals surface area contributed by atoms with Crippen molar-refractivity contribution in [3.05, 3.63) is 64.1 Å². The van der Waals surface area contributed by atoms with Crippen LogP contribution in [-0.2, 0) is 11.3 Å². The molecule has 1 fully saturated rings. The van der Waals surface area contributed by atoms with Crippen molar-refractivity contribution in [1.82, 2.24) is 9.80 Å². The molecule has 0 bridgehead atoms. The molecule has 1 N–H and O–H groups in total. The molecule has 0 radical (unpaired) electrons. The minimum absolute atomic E-state index is 0.00174. The number of halogens is 2. The monoisotopic (exact) mass is 377 g/mol. The van der Waals surface area contributed by atoms with E-state index < -0.39 is 0 Å². The predicted octanol–water partition coefficient (Wildman–Crippen LogP) is 3.75. The number of anilines is 1. The molecule has 1 aliphatic rings. The SMILES string of the molecule is O=C(CN1CCN(Cc2ccccc2Cl)CC1)Nc1ccc(Cl)cc1. The molecule has 4 nitrogen and oxygen atoms in total. The average molecular weight is 378 g/mol. The van der Waals surface area contributed by atoms with Crippen molar-refractivity contribution >= 4 is 34.8 Å². The summed E-state index contributed by atoms with van der Waals surface area (Å²) in [4.78, 5) is 16.7. The molecule has 1 saturated heterocycles. The number of nitrogens with zero attached hydrogens (tertiary/aromatic N) is 2. The fourth-order valence-electron chi connectivity index (χ4n) is 2.91. The van der Waals surface area contributed by atoms with E-state index in [9.17, 15) is 4.79 Å². The van der Waals surface area contributed by atoms with Gasteiger partial charge in [-0.15, -0.1) is 0 Å². The summed E-state index contributed by atoms with van der Waals surface area (Å²) in [6.45, 7) is 4.86. The molecule has 1 heterocycles. The minimum atomic E-state index is 0.00174. The summed E-state index contributed by atoms with van der Waals surface area (Å²) in [6.07, 6.45) is 0.